The maximum Gasteiger partial charge on any atom is 0.0540 e. The smallest absolute Gasteiger partial charge is 0.0540 e. The number of aliphatic hydroxyl groups excluding tert-OH is 1. The van der Waals surface area contributed by atoms with Crippen LogP contribution in [-0.4, -0.2) is 11.2 Å². The van der Waals surface area contributed by atoms with Crippen LogP contribution >= 0.6 is 0 Å². The molecule has 0 unspecified atom stereocenters. The number of aliphatic hydroxyl groups is 1. The van der Waals surface area contributed by atoms with E-state index in [1.807, 2.05) is 0 Å². The number of aryl methyl sites for hydroxylation is 2. The van der Waals surface area contributed by atoms with Crippen molar-refractivity contribution in [2.45, 2.75) is 63.9 Å². The van der Waals surface area contributed by atoms with E-state index in [-0.39, 0.29) is 6.10 Å². The standard InChI is InChI=1S/C17H24O/c18-17-9-6-13(7-10-17)11-14-5-8-15-3-1-2-4-16(15)12-14/h5,8,12-13,17-18H,1-4,6-7,9-11H2. The van der Waals surface area contributed by atoms with E-state index in [0.717, 1.165) is 18.8 Å². The lowest BCUT2D eigenvalue weighted by molar-refractivity contribution is 0.109. The van der Waals surface area contributed by atoms with E-state index in [0.29, 0.717) is 0 Å². The summed E-state index contributed by atoms with van der Waals surface area (Å²) >= 11 is 0. The number of benzene rings is 1. The first-order valence-corrected chi connectivity index (χ1v) is 7.60. The van der Waals surface area contributed by atoms with Crippen molar-refractivity contribution < 1.29 is 5.11 Å². The fraction of sp³-hybridized carbons (Fsp3) is 0.647. The third kappa shape index (κ3) is 2.77. The first-order valence-electron chi connectivity index (χ1n) is 7.60. The Bertz CT molecular complexity index is 402. The van der Waals surface area contributed by atoms with Crippen molar-refractivity contribution in [3.8, 4) is 0 Å². The molecule has 1 nitrogen and oxygen atoms in total. The van der Waals surface area contributed by atoms with Gasteiger partial charge in [0.15, 0.2) is 0 Å². The van der Waals surface area contributed by atoms with Gasteiger partial charge in [0.05, 0.1) is 6.10 Å². The Morgan fingerprint density at radius 3 is 2.44 bits per heavy atom. The first-order chi connectivity index (χ1) is 8.81. The lowest BCUT2D eigenvalue weighted by Gasteiger charge is -2.26. The van der Waals surface area contributed by atoms with Gasteiger partial charge in [0.2, 0.25) is 0 Å². The predicted molar refractivity (Wildman–Crippen MR) is 74.8 cm³/mol. The van der Waals surface area contributed by atoms with Crippen molar-refractivity contribution in [1.29, 1.82) is 0 Å². The summed E-state index contributed by atoms with van der Waals surface area (Å²) in [4.78, 5) is 0. The Morgan fingerprint density at radius 1 is 0.944 bits per heavy atom. The second kappa shape index (κ2) is 5.44. The molecule has 0 aromatic heterocycles. The molecule has 0 bridgehead atoms. The zero-order valence-corrected chi connectivity index (χ0v) is 11.2. The summed E-state index contributed by atoms with van der Waals surface area (Å²) in [5, 5.41) is 9.55. The SMILES string of the molecule is OC1CCC(Cc2ccc3c(c2)CCCC3)CC1. The van der Waals surface area contributed by atoms with E-state index in [1.165, 1.54) is 50.5 Å². The molecule has 18 heavy (non-hydrogen) atoms. The Labute approximate surface area is 110 Å². The second-order valence-electron chi connectivity index (χ2n) is 6.19. The molecule has 1 fully saturated rings. The molecule has 1 aromatic carbocycles. The molecule has 0 aliphatic heterocycles. The number of hydrogen-bond donors (Lipinski definition) is 1. The van der Waals surface area contributed by atoms with Gasteiger partial charge >= 0.3 is 0 Å². The highest BCUT2D eigenvalue weighted by atomic mass is 16.3. The van der Waals surface area contributed by atoms with Gasteiger partial charge in [0.25, 0.3) is 0 Å². The van der Waals surface area contributed by atoms with Crippen LogP contribution in [-0.2, 0) is 19.3 Å². The zero-order chi connectivity index (χ0) is 12.4. The molecule has 0 heterocycles. The van der Waals surface area contributed by atoms with Gasteiger partial charge in [-0.3, -0.25) is 0 Å². The van der Waals surface area contributed by atoms with E-state index >= 15 is 0 Å². The largest absolute Gasteiger partial charge is 0.393 e. The molecule has 1 saturated carbocycles. The Hall–Kier alpha value is -0.820. The van der Waals surface area contributed by atoms with Gasteiger partial charge in [-0.15, -0.1) is 0 Å². The highest BCUT2D eigenvalue weighted by Crippen LogP contribution is 2.29. The van der Waals surface area contributed by atoms with Gasteiger partial charge < -0.3 is 5.11 Å². The molecular weight excluding hydrogens is 220 g/mol. The third-order valence-electron chi connectivity index (χ3n) is 4.75. The Morgan fingerprint density at radius 2 is 1.67 bits per heavy atom. The van der Waals surface area contributed by atoms with Crippen molar-refractivity contribution in [3.63, 3.8) is 0 Å². The molecule has 0 atom stereocenters. The van der Waals surface area contributed by atoms with Crippen LogP contribution in [0.1, 0.15) is 55.2 Å². The molecule has 0 saturated heterocycles. The van der Waals surface area contributed by atoms with Crippen LogP contribution in [0.3, 0.4) is 0 Å². The van der Waals surface area contributed by atoms with Crippen LogP contribution in [0.2, 0.25) is 0 Å². The molecule has 0 spiro atoms. The van der Waals surface area contributed by atoms with Gasteiger partial charge in [-0.05, 0) is 80.4 Å². The third-order valence-corrected chi connectivity index (χ3v) is 4.75. The van der Waals surface area contributed by atoms with Gasteiger partial charge in [-0.25, -0.2) is 0 Å². The molecule has 0 amide bonds. The maximum absolute atomic E-state index is 9.55. The summed E-state index contributed by atoms with van der Waals surface area (Å²) in [5.74, 6) is 0.801. The fourth-order valence-electron chi connectivity index (χ4n) is 3.60. The summed E-state index contributed by atoms with van der Waals surface area (Å²) in [7, 11) is 0. The normalized spacial score (nSPS) is 27.8. The lowest BCUT2D eigenvalue weighted by Crippen LogP contribution is -2.19. The quantitative estimate of drug-likeness (QED) is 0.841. The van der Waals surface area contributed by atoms with Crippen molar-refractivity contribution in [2.24, 2.45) is 5.92 Å². The monoisotopic (exact) mass is 244 g/mol. The van der Waals surface area contributed by atoms with Crippen LogP contribution in [0.25, 0.3) is 0 Å². The van der Waals surface area contributed by atoms with Gasteiger partial charge in [0.1, 0.15) is 0 Å². The number of rotatable bonds is 2. The molecule has 0 radical (unpaired) electrons. The Balaban J connectivity index is 1.66. The molecule has 1 aromatic rings. The highest BCUT2D eigenvalue weighted by molar-refractivity contribution is 5.34. The molecule has 3 rings (SSSR count). The summed E-state index contributed by atoms with van der Waals surface area (Å²) in [5.41, 5.74) is 4.72. The minimum Gasteiger partial charge on any atom is -0.393 e. The molecule has 2 aliphatic carbocycles. The van der Waals surface area contributed by atoms with E-state index in [9.17, 15) is 5.11 Å². The zero-order valence-electron chi connectivity index (χ0n) is 11.2. The predicted octanol–water partition coefficient (Wildman–Crippen LogP) is 3.66. The average Bonchev–Trinajstić information content (AvgIpc) is 2.41. The van der Waals surface area contributed by atoms with E-state index in [2.05, 4.69) is 18.2 Å². The second-order valence-corrected chi connectivity index (χ2v) is 6.19. The van der Waals surface area contributed by atoms with Crippen molar-refractivity contribution in [2.75, 3.05) is 0 Å². The summed E-state index contributed by atoms with van der Waals surface area (Å²) in [6.07, 6.45) is 10.9. The summed E-state index contributed by atoms with van der Waals surface area (Å²) in [6.45, 7) is 0. The van der Waals surface area contributed by atoms with Crippen LogP contribution in [0.5, 0.6) is 0 Å². The van der Waals surface area contributed by atoms with Crippen LogP contribution in [0.15, 0.2) is 18.2 Å². The van der Waals surface area contributed by atoms with Crippen LogP contribution in [0, 0.1) is 5.92 Å². The maximum atomic E-state index is 9.55. The lowest BCUT2D eigenvalue weighted by atomic mass is 9.82. The minimum atomic E-state index is -0.0233. The average molecular weight is 244 g/mol. The van der Waals surface area contributed by atoms with Gasteiger partial charge in [-0.2, -0.15) is 0 Å². The minimum absolute atomic E-state index is 0.0233. The van der Waals surface area contributed by atoms with E-state index in [4.69, 9.17) is 0 Å². The summed E-state index contributed by atoms with van der Waals surface area (Å²) < 4.78 is 0. The van der Waals surface area contributed by atoms with Gasteiger partial charge in [0, 0.05) is 0 Å². The fourth-order valence-corrected chi connectivity index (χ4v) is 3.60. The topological polar surface area (TPSA) is 20.2 Å². The van der Waals surface area contributed by atoms with Crippen molar-refractivity contribution in [1.82, 2.24) is 0 Å². The Kier molecular flexibility index (Phi) is 3.69. The van der Waals surface area contributed by atoms with Gasteiger partial charge in [-0.1, -0.05) is 18.2 Å². The molecule has 2 aliphatic rings. The molecular formula is C17H24O. The highest BCUT2D eigenvalue weighted by Gasteiger charge is 2.20. The first kappa shape index (κ1) is 12.2. The van der Waals surface area contributed by atoms with E-state index < -0.39 is 0 Å². The van der Waals surface area contributed by atoms with Crippen LogP contribution in [0.4, 0.5) is 0 Å². The van der Waals surface area contributed by atoms with Crippen molar-refractivity contribution >= 4 is 0 Å². The molecule has 1 heteroatoms. The van der Waals surface area contributed by atoms with E-state index in [1.54, 1.807) is 11.1 Å². The number of fused-ring (bicyclic) bond motifs is 1. The molecule has 98 valence electrons. The number of hydrogen-bond acceptors (Lipinski definition) is 1. The van der Waals surface area contributed by atoms with Crippen molar-refractivity contribution in [3.05, 3.63) is 34.9 Å². The van der Waals surface area contributed by atoms with Crippen LogP contribution < -0.4 is 0 Å². The summed E-state index contributed by atoms with van der Waals surface area (Å²) in [6, 6.07) is 7.16. The molecule has 1 N–H and O–H groups in total.